The van der Waals surface area contributed by atoms with Crippen LogP contribution in [0.25, 0.3) is 0 Å². The van der Waals surface area contributed by atoms with E-state index in [4.69, 9.17) is 9.47 Å². The number of methoxy groups -OCH3 is 1. The highest BCUT2D eigenvalue weighted by Crippen LogP contribution is 2.32. The van der Waals surface area contributed by atoms with E-state index < -0.39 is 33.4 Å². The zero-order valence-corrected chi connectivity index (χ0v) is 21.3. The zero-order valence-electron chi connectivity index (χ0n) is 20.5. The van der Waals surface area contributed by atoms with E-state index in [-0.39, 0.29) is 39.4 Å². The summed E-state index contributed by atoms with van der Waals surface area (Å²) in [6, 6.07) is 7.97. The van der Waals surface area contributed by atoms with Gasteiger partial charge in [-0.3, -0.25) is 14.9 Å². The summed E-state index contributed by atoms with van der Waals surface area (Å²) in [5, 5.41) is 13.6. The Kier molecular flexibility index (Phi) is 8.31. The molecule has 11 nitrogen and oxygen atoms in total. The Morgan fingerprint density at radius 3 is 2.31 bits per heavy atom. The molecule has 1 heterocycles. The molecule has 1 N–H and O–H groups in total. The summed E-state index contributed by atoms with van der Waals surface area (Å²) in [6.07, 6.45) is 0.974. The second-order valence-corrected chi connectivity index (χ2v) is 11.0. The minimum atomic E-state index is -3.68. The summed E-state index contributed by atoms with van der Waals surface area (Å²) in [5.41, 5.74) is 0.551. The number of hydrogen-bond donors (Lipinski definition) is 1. The first-order valence-corrected chi connectivity index (χ1v) is 12.8. The summed E-state index contributed by atoms with van der Waals surface area (Å²) >= 11 is 0. The van der Waals surface area contributed by atoms with Crippen molar-refractivity contribution in [3.05, 3.63) is 57.6 Å². The SMILES string of the molecule is COc1cc(NC(=O)COC(=O)c2ccc(S(=O)(=O)N3C[C@H](C)C[C@@H](C)C3)cc2)c(C)cc1[N+](=O)[O-]. The molecule has 0 aliphatic carbocycles. The molecule has 0 unspecified atom stereocenters. The van der Waals surface area contributed by atoms with Gasteiger partial charge in [-0.15, -0.1) is 0 Å². The highest BCUT2D eigenvalue weighted by Gasteiger charge is 2.31. The van der Waals surface area contributed by atoms with Crippen molar-refractivity contribution in [1.82, 2.24) is 4.31 Å². The largest absolute Gasteiger partial charge is 0.490 e. The van der Waals surface area contributed by atoms with Crippen LogP contribution >= 0.6 is 0 Å². The van der Waals surface area contributed by atoms with Gasteiger partial charge in [-0.2, -0.15) is 4.31 Å². The standard InChI is InChI=1S/C24H29N3O8S/c1-15-9-16(2)13-26(12-15)36(32,33)19-7-5-18(6-8-19)24(29)35-14-23(28)25-20-11-22(34-4)21(27(30)31)10-17(20)3/h5-8,10-11,15-16H,9,12-14H2,1-4H3,(H,25,28)/t15-,16-/m1/s1. The monoisotopic (exact) mass is 519 g/mol. The molecule has 12 heteroatoms. The summed E-state index contributed by atoms with van der Waals surface area (Å²) in [4.78, 5) is 35.3. The third-order valence-electron chi connectivity index (χ3n) is 5.89. The van der Waals surface area contributed by atoms with E-state index in [0.29, 0.717) is 18.7 Å². The van der Waals surface area contributed by atoms with Gasteiger partial charge in [-0.25, -0.2) is 13.2 Å². The molecule has 2 atom stereocenters. The number of piperidine rings is 1. The minimum absolute atomic E-state index is 0.0265. The maximum atomic E-state index is 13.0. The fourth-order valence-electron chi connectivity index (χ4n) is 4.23. The lowest BCUT2D eigenvalue weighted by atomic mass is 9.94. The van der Waals surface area contributed by atoms with Crippen molar-refractivity contribution in [3.63, 3.8) is 0 Å². The molecular weight excluding hydrogens is 490 g/mol. The van der Waals surface area contributed by atoms with E-state index in [1.165, 1.54) is 47.8 Å². The highest BCUT2D eigenvalue weighted by molar-refractivity contribution is 7.89. The average molecular weight is 520 g/mol. The van der Waals surface area contributed by atoms with Crippen molar-refractivity contribution in [3.8, 4) is 5.75 Å². The Morgan fingerprint density at radius 2 is 1.75 bits per heavy atom. The second-order valence-electron chi connectivity index (χ2n) is 9.01. The third-order valence-corrected chi connectivity index (χ3v) is 7.74. The van der Waals surface area contributed by atoms with Crippen molar-refractivity contribution < 1.29 is 32.4 Å². The van der Waals surface area contributed by atoms with Gasteiger partial charge in [0.15, 0.2) is 12.4 Å². The lowest BCUT2D eigenvalue weighted by Gasteiger charge is -2.34. The van der Waals surface area contributed by atoms with Crippen LogP contribution in [-0.4, -0.2) is 56.3 Å². The minimum Gasteiger partial charge on any atom is -0.490 e. The fraction of sp³-hybridized carbons (Fsp3) is 0.417. The molecule has 3 rings (SSSR count). The smallest absolute Gasteiger partial charge is 0.338 e. The predicted molar refractivity (Wildman–Crippen MR) is 131 cm³/mol. The van der Waals surface area contributed by atoms with Gasteiger partial charge < -0.3 is 14.8 Å². The fourth-order valence-corrected chi connectivity index (χ4v) is 5.91. The van der Waals surface area contributed by atoms with Crippen LogP contribution in [0.15, 0.2) is 41.3 Å². The van der Waals surface area contributed by atoms with E-state index in [2.05, 4.69) is 5.32 Å². The van der Waals surface area contributed by atoms with Crippen LogP contribution in [0.5, 0.6) is 5.75 Å². The van der Waals surface area contributed by atoms with Crippen LogP contribution in [0.2, 0.25) is 0 Å². The summed E-state index contributed by atoms with van der Waals surface area (Å²) in [5.74, 6) is -0.955. The molecule has 2 aromatic carbocycles. The van der Waals surface area contributed by atoms with Crippen molar-refractivity contribution in [2.45, 2.75) is 32.1 Å². The maximum Gasteiger partial charge on any atom is 0.338 e. The summed E-state index contributed by atoms with van der Waals surface area (Å²) in [6.45, 7) is 5.91. The van der Waals surface area contributed by atoms with Crippen LogP contribution in [0, 0.1) is 28.9 Å². The molecule has 0 radical (unpaired) electrons. The van der Waals surface area contributed by atoms with Crippen LogP contribution in [0.3, 0.4) is 0 Å². The van der Waals surface area contributed by atoms with Gasteiger partial charge in [0.05, 0.1) is 22.5 Å². The maximum absolute atomic E-state index is 13.0. The van der Waals surface area contributed by atoms with Gasteiger partial charge >= 0.3 is 11.7 Å². The lowest BCUT2D eigenvalue weighted by molar-refractivity contribution is -0.385. The number of rotatable bonds is 8. The van der Waals surface area contributed by atoms with Gasteiger partial charge in [0.1, 0.15) is 0 Å². The molecule has 0 saturated carbocycles. The molecule has 1 aliphatic rings. The molecule has 194 valence electrons. The van der Waals surface area contributed by atoms with Crippen molar-refractivity contribution in [1.29, 1.82) is 0 Å². The van der Waals surface area contributed by atoms with Crippen LogP contribution in [0.4, 0.5) is 11.4 Å². The number of carbonyl (C=O) groups excluding carboxylic acids is 2. The van der Waals surface area contributed by atoms with Gasteiger partial charge in [0, 0.05) is 30.9 Å². The van der Waals surface area contributed by atoms with Gasteiger partial charge in [0.25, 0.3) is 5.91 Å². The molecule has 1 amide bonds. The first kappa shape index (κ1) is 27.1. The number of nitrogens with zero attached hydrogens (tertiary/aromatic N) is 2. The number of nitrogens with one attached hydrogen (secondary N) is 1. The molecule has 2 aromatic rings. The molecule has 0 spiro atoms. The molecule has 36 heavy (non-hydrogen) atoms. The van der Waals surface area contributed by atoms with Crippen LogP contribution in [0.1, 0.15) is 36.2 Å². The Hall–Kier alpha value is -3.51. The summed E-state index contributed by atoms with van der Waals surface area (Å²) < 4.78 is 37.5. The quantitative estimate of drug-likeness (QED) is 0.317. The number of nitro benzene ring substituents is 1. The normalized spacial score (nSPS) is 18.3. The van der Waals surface area contributed by atoms with Crippen molar-refractivity contribution in [2.24, 2.45) is 11.8 Å². The van der Waals surface area contributed by atoms with Crippen LogP contribution in [-0.2, 0) is 19.6 Å². The van der Waals surface area contributed by atoms with Crippen molar-refractivity contribution in [2.75, 3.05) is 32.1 Å². The number of amides is 1. The van der Waals surface area contributed by atoms with E-state index in [1.54, 1.807) is 6.92 Å². The van der Waals surface area contributed by atoms with E-state index >= 15 is 0 Å². The molecule has 1 saturated heterocycles. The number of nitro groups is 1. The van der Waals surface area contributed by atoms with Gasteiger partial charge in [-0.05, 0) is 55.0 Å². The summed E-state index contributed by atoms with van der Waals surface area (Å²) in [7, 11) is -2.41. The first-order chi connectivity index (χ1) is 16.9. The number of sulfonamides is 1. The number of hydrogen-bond acceptors (Lipinski definition) is 8. The highest BCUT2D eigenvalue weighted by atomic mass is 32.2. The molecule has 1 fully saturated rings. The molecule has 1 aliphatic heterocycles. The topological polar surface area (TPSA) is 145 Å². The molecular formula is C24H29N3O8S. The van der Waals surface area contributed by atoms with Gasteiger partial charge in [-0.1, -0.05) is 13.8 Å². The zero-order chi connectivity index (χ0) is 26.6. The lowest BCUT2D eigenvalue weighted by Crippen LogP contribution is -2.42. The van der Waals surface area contributed by atoms with E-state index in [9.17, 15) is 28.1 Å². The second kappa shape index (κ2) is 11.0. The number of esters is 1. The Labute approximate surface area is 209 Å². The number of aryl methyl sites for hydroxylation is 1. The van der Waals surface area contributed by atoms with E-state index in [1.807, 2.05) is 13.8 Å². The molecule has 0 aromatic heterocycles. The number of benzene rings is 2. The third kappa shape index (κ3) is 6.18. The first-order valence-electron chi connectivity index (χ1n) is 11.3. The number of anilines is 1. The Bertz CT molecular complexity index is 1250. The predicted octanol–water partition coefficient (Wildman–Crippen LogP) is 3.37. The van der Waals surface area contributed by atoms with E-state index in [0.717, 1.165) is 6.42 Å². The number of carbonyl (C=O) groups is 2. The average Bonchev–Trinajstić information content (AvgIpc) is 2.82. The molecule has 0 bridgehead atoms. The van der Waals surface area contributed by atoms with Crippen LogP contribution < -0.4 is 10.1 Å². The Morgan fingerprint density at radius 1 is 1.14 bits per heavy atom. The van der Waals surface area contributed by atoms with Gasteiger partial charge in [0.2, 0.25) is 10.0 Å². The van der Waals surface area contributed by atoms with Crippen molar-refractivity contribution >= 4 is 33.3 Å². The Balaban J connectivity index is 1.61. The number of ether oxygens (including phenoxy) is 2.